The number of carbonyl (C=O) groups is 2. The number of methoxy groups -OCH3 is 2. The van der Waals surface area contributed by atoms with E-state index in [1.807, 2.05) is 0 Å². The van der Waals surface area contributed by atoms with Crippen LogP contribution in [0.5, 0.6) is 11.5 Å². The fraction of sp³-hybridized carbons (Fsp3) is 0.364. The Morgan fingerprint density at radius 2 is 1.59 bits per heavy atom. The second-order valence-corrected chi connectivity index (χ2v) is 7.02. The zero-order valence-corrected chi connectivity index (χ0v) is 16.5. The Bertz CT molecular complexity index is 853. The molecule has 154 valence electrons. The summed E-state index contributed by atoms with van der Waals surface area (Å²) in [5.41, 5.74) is 0.364. The molecule has 2 aromatic rings. The second kappa shape index (κ2) is 8.94. The summed E-state index contributed by atoms with van der Waals surface area (Å²) in [6.07, 6.45) is 2.99. The average Bonchev–Trinajstić information content (AvgIpc) is 3.23. The van der Waals surface area contributed by atoms with E-state index in [1.54, 1.807) is 30.3 Å². The number of hydrogen-bond acceptors (Lipinski definition) is 5. The van der Waals surface area contributed by atoms with E-state index >= 15 is 0 Å². The molecule has 0 radical (unpaired) electrons. The molecule has 1 aliphatic rings. The number of carbonyl (C=O) groups excluding carboxylic acids is 2. The zero-order chi connectivity index (χ0) is 20.9. The number of nitrogens with one attached hydrogen (secondary N) is 1. The van der Waals surface area contributed by atoms with Crippen molar-refractivity contribution in [1.29, 1.82) is 0 Å². The molecule has 0 spiro atoms. The lowest BCUT2D eigenvalue weighted by Crippen LogP contribution is -2.36. The van der Waals surface area contributed by atoms with Crippen LogP contribution in [0.4, 0.5) is 10.1 Å². The van der Waals surface area contributed by atoms with Crippen LogP contribution in [0.15, 0.2) is 42.5 Å². The highest BCUT2D eigenvalue weighted by Gasteiger charge is 2.44. The Labute approximate surface area is 169 Å². The summed E-state index contributed by atoms with van der Waals surface area (Å²) in [7, 11) is 3.03. The smallest absolute Gasteiger partial charge is 0.317 e. The molecule has 1 fully saturated rings. The quantitative estimate of drug-likeness (QED) is 0.714. The number of anilines is 1. The molecule has 29 heavy (non-hydrogen) atoms. The fourth-order valence-corrected chi connectivity index (χ4v) is 3.70. The standard InChI is InChI=1S/C22H24FNO5/c1-27-18-11-17(12-19(13-18)28-2)24-20(25)14-29-21(26)22(9-3-4-10-22)15-5-7-16(23)8-6-15/h5-8,11-13H,3-4,9-10,14H2,1-2H3,(H,24,25). The van der Waals surface area contributed by atoms with Gasteiger partial charge in [-0.15, -0.1) is 0 Å². The molecule has 1 N–H and O–H groups in total. The molecule has 0 unspecified atom stereocenters. The predicted molar refractivity (Wildman–Crippen MR) is 106 cm³/mol. The second-order valence-electron chi connectivity index (χ2n) is 7.02. The van der Waals surface area contributed by atoms with E-state index < -0.39 is 23.9 Å². The van der Waals surface area contributed by atoms with Crippen LogP contribution in [0.25, 0.3) is 0 Å². The molecule has 1 aliphatic carbocycles. The van der Waals surface area contributed by atoms with Crippen LogP contribution in [-0.4, -0.2) is 32.7 Å². The van der Waals surface area contributed by atoms with Crippen molar-refractivity contribution in [3.8, 4) is 11.5 Å². The Morgan fingerprint density at radius 3 is 2.14 bits per heavy atom. The van der Waals surface area contributed by atoms with Crippen molar-refractivity contribution >= 4 is 17.6 Å². The summed E-state index contributed by atoms with van der Waals surface area (Å²) >= 11 is 0. The molecular weight excluding hydrogens is 377 g/mol. The number of ether oxygens (including phenoxy) is 3. The Kier molecular flexibility index (Phi) is 6.36. The van der Waals surface area contributed by atoms with Crippen LogP contribution < -0.4 is 14.8 Å². The normalized spacial score (nSPS) is 14.9. The maximum Gasteiger partial charge on any atom is 0.317 e. The largest absolute Gasteiger partial charge is 0.497 e. The number of halogens is 1. The first-order valence-corrected chi connectivity index (χ1v) is 9.43. The van der Waals surface area contributed by atoms with Crippen LogP contribution in [0, 0.1) is 5.82 Å². The number of hydrogen-bond donors (Lipinski definition) is 1. The van der Waals surface area contributed by atoms with Crippen LogP contribution in [0.1, 0.15) is 31.2 Å². The molecule has 3 rings (SSSR count). The predicted octanol–water partition coefficient (Wildman–Crippen LogP) is 3.84. The van der Waals surface area contributed by atoms with Gasteiger partial charge < -0.3 is 19.5 Å². The molecule has 0 aromatic heterocycles. The van der Waals surface area contributed by atoms with Gasteiger partial charge in [0, 0.05) is 23.9 Å². The van der Waals surface area contributed by atoms with E-state index in [9.17, 15) is 14.0 Å². The molecule has 2 aromatic carbocycles. The lowest BCUT2D eigenvalue weighted by molar-refractivity contribution is -0.153. The van der Waals surface area contributed by atoms with E-state index in [2.05, 4.69) is 5.32 Å². The van der Waals surface area contributed by atoms with Gasteiger partial charge in [0.25, 0.3) is 5.91 Å². The molecule has 7 heteroatoms. The summed E-state index contributed by atoms with van der Waals surface area (Å²) in [6, 6.07) is 10.9. The minimum Gasteiger partial charge on any atom is -0.497 e. The van der Waals surface area contributed by atoms with E-state index in [4.69, 9.17) is 14.2 Å². The fourth-order valence-electron chi connectivity index (χ4n) is 3.70. The van der Waals surface area contributed by atoms with Gasteiger partial charge in [-0.2, -0.15) is 0 Å². The highest BCUT2D eigenvalue weighted by molar-refractivity contribution is 5.94. The SMILES string of the molecule is COc1cc(NC(=O)COC(=O)C2(c3ccc(F)cc3)CCCC2)cc(OC)c1. The van der Waals surface area contributed by atoms with Gasteiger partial charge in [0.15, 0.2) is 6.61 Å². The summed E-state index contributed by atoms with van der Waals surface area (Å²) in [6.45, 7) is -0.415. The number of esters is 1. The van der Waals surface area contributed by atoms with Gasteiger partial charge in [-0.1, -0.05) is 25.0 Å². The van der Waals surface area contributed by atoms with Gasteiger partial charge in [0.05, 0.1) is 19.6 Å². The number of amides is 1. The van der Waals surface area contributed by atoms with Gasteiger partial charge in [-0.25, -0.2) is 4.39 Å². The van der Waals surface area contributed by atoms with Gasteiger partial charge >= 0.3 is 5.97 Å². The van der Waals surface area contributed by atoms with Crippen LogP contribution in [-0.2, 0) is 19.7 Å². The van der Waals surface area contributed by atoms with E-state index in [-0.39, 0.29) is 5.82 Å². The molecular formula is C22H24FNO5. The third kappa shape index (κ3) is 4.67. The Morgan fingerprint density at radius 1 is 1.00 bits per heavy atom. The molecule has 0 heterocycles. The summed E-state index contributed by atoms with van der Waals surface area (Å²) < 4.78 is 29.0. The summed E-state index contributed by atoms with van der Waals surface area (Å²) in [5.74, 6) is -0.236. The van der Waals surface area contributed by atoms with Crippen molar-refractivity contribution in [2.45, 2.75) is 31.1 Å². The van der Waals surface area contributed by atoms with Crippen LogP contribution in [0.2, 0.25) is 0 Å². The van der Waals surface area contributed by atoms with Gasteiger partial charge in [-0.05, 0) is 30.5 Å². The lowest BCUT2D eigenvalue weighted by atomic mass is 9.79. The third-order valence-electron chi connectivity index (χ3n) is 5.21. The lowest BCUT2D eigenvalue weighted by Gasteiger charge is -2.27. The minimum absolute atomic E-state index is 0.358. The molecule has 1 amide bonds. The van der Waals surface area contributed by atoms with Crippen molar-refractivity contribution in [3.63, 3.8) is 0 Å². The maximum atomic E-state index is 13.3. The highest BCUT2D eigenvalue weighted by atomic mass is 19.1. The van der Waals surface area contributed by atoms with Crippen molar-refractivity contribution < 1.29 is 28.2 Å². The topological polar surface area (TPSA) is 73.9 Å². The van der Waals surface area contributed by atoms with E-state index in [0.29, 0.717) is 30.0 Å². The summed E-state index contributed by atoms with van der Waals surface area (Å²) in [5, 5.41) is 2.67. The molecule has 1 saturated carbocycles. The maximum absolute atomic E-state index is 13.3. The van der Waals surface area contributed by atoms with Gasteiger partial charge in [0.1, 0.15) is 17.3 Å². The van der Waals surface area contributed by atoms with Gasteiger partial charge in [0.2, 0.25) is 0 Å². The molecule has 0 bridgehead atoms. The van der Waals surface area contributed by atoms with E-state index in [1.165, 1.54) is 26.4 Å². The molecule has 0 saturated heterocycles. The number of rotatable bonds is 7. The van der Waals surface area contributed by atoms with Gasteiger partial charge in [-0.3, -0.25) is 9.59 Å². The third-order valence-corrected chi connectivity index (χ3v) is 5.21. The summed E-state index contributed by atoms with van der Waals surface area (Å²) in [4.78, 5) is 25.2. The monoisotopic (exact) mass is 401 g/mol. The molecule has 0 aliphatic heterocycles. The van der Waals surface area contributed by atoms with Crippen LogP contribution >= 0.6 is 0 Å². The first-order valence-electron chi connectivity index (χ1n) is 9.43. The first kappa shape index (κ1) is 20.6. The first-order chi connectivity index (χ1) is 14.0. The zero-order valence-electron chi connectivity index (χ0n) is 16.5. The van der Waals surface area contributed by atoms with Crippen molar-refractivity contribution in [1.82, 2.24) is 0 Å². The van der Waals surface area contributed by atoms with Crippen LogP contribution in [0.3, 0.4) is 0 Å². The van der Waals surface area contributed by atoms with E-state index in [0.717, 1.165) is 18.4 Å². The number of benzene rings is 2. The molecule has 0 atom stereocenters. The van der Waals surface area contributed by atoms with Crippen molar-refractivity contribution in [2.24, 2.45) is 0 Å². The Balaban J connectivity index is 1.66. The minimum atomic E-state index is -0.826. The van der Waals surface area contributed by atoms with Crippen molar-refractivity contribution in [3.05, 3.63) is 53.8 Å². The average molecular weight is 401 g/mol. The molecule has 6 nitrogen and oxygen atoms in total. The highest BCUT2D eigenvalue weighted by Crippen LogP contribution is 2.42. The van der Waals surface area contributed by atoms with Crippen molar-refractivity contribution in [2.75, 3.05) is 26.1 Å². The Hall–Kier alpha value is -3.09.